The SMILES string of the molecule is CCC(C)(C)NC(=O)COc1c(F)cc(CN)cc1F. The lowest BCUT2D eigenvalue weighted by Gasteiger charge is -2.24. The van der Waals surface area contributed by atoms with Gasteiger partial charge in [-0.2, -0.15) is 0 Å². The second kappa shape index (κ2) is 6.65. The highest BCUT2D eigenvalue weighted by molar-refractivity contribution is 5.78. The fraction of sp³-hybridized carbons (Fsp3) is 0.500. The van der Waals surface area contributed by atoms with Crippen molar-refractivity contribution in [1.82, 2.24) is 5.32 Å². The van der Waals surface area contributed by atoms with Gasteiger partial charge in [-0.1, -0.05) is 6.92 Å². The molecule has 0 saturated heterocycles. The highest BCUT2D eigenvalue weighted by Gasteiger charge is 2.19. The molecule has 6 heteroatoms. The molecule has 0 saturated carbocycles. The Morgan fingerprint density at radius 2 is 1.90 bits per heavy atom. The molecule has 0 aromatic heterocycles. The summed E-state index contributed by atoms with van der Waals surface area (Å²) < 4.78 is 32.1. The average molecular weight is 286 g/mol. The molecule has 3 N–H and O–H groups in total. The van der Waals surface area contributed by atoms with E-state index in [9.17, 15) is 13.6 Å². The summed E-state index contributed by atoms with van der Waals surface area (Å²) in [4.78, 5) is 11.6. The minimum atomic E-state index is -0.868. The molecule has 0 aliphatic heterocycles. The van der Waals surface area contributed by atoms with E-state index in [0.29, 0.717) is 5.56 Å². The Kier molecular flexibility index (Phi) is 5.44. The van der Waals surface area contributed by atoms with E-state index in [1.165, 1.54) is 0 Å². The molecule has 1 amide bonds. The fourth-order valence-corrected chi connectivity index (χ4v) is 1.51. The Hall–Kier alpha value is -1.69. The third-order valence-electron chi connectivity index (χ3n) is 3.00. The molecule has 20 heavy (non-hydrogen) atoms. The van der Waals surface area contributed by atoms with Gasteiger partial charge < -0.3 is 15.8 Å². The van der Waals surface area contributed by atoms with Crippen LogP contribution in [-0.4, -0.2) is 18.1 Å². The number of rotatable bonds is 6. The maximum absolute atomic E-state index is 13.6. The number of hydrogen-bond donors (Lipinski definition) is 2. The summed E-state index contributed by atoms with van der Waals surface area (Å²) in [5, 5.41) is 2.71. The molecule has 0 aliphatic rings. The number of halogens is 2. The number of nitrogens with two attached hydrogens (primary N) is 1. The van der Waals surface area contributed by atoms with Crippen molar-refractivity contribution in [3.63, 3.8) is 0 Å². The van der Waals surface area contributed by atoms with Gasteiger partial charge in [-0.25, -0.2) is 8.78 Å². The second-order valence-corrected chi connectivity index (χ2v) is 5.17. The minimum Gasteiger partial charge on any atom is -0.478 e. The molecule has 1 rings (SSSR count). The van der Waals surface area contributed by atoms with Gasteiger partial charge in [0.05, 0.1) is 0 Å². The van der Waals surface area contributed by atoms with Crippen LogP contribution in [0.15, 0.2) is 12.1 Å². The predicted octanol–water partition coefficient (Wildman–Crippen LogP) is 2.11. The first-order valence-electron chi connectivity index (χ1n) is 6.41. The number of benzene rings is 1. The van der Waals surface area contributed by atoms with Crippen molar-refractivity contribution in [2.45, 2.75) is 39.3 Å². The number of nitrogens with one attached hydrogen (secondary N) is 1. The molecular weight excluding hydrogens is 266 g/mol. The van der Waals surface area contributed by atoms with Gasteiger partial charge in [-0.05, 0) is 38.0 Å². The number of amides is 1. The summed E-state index contributed by atoms with van der Waals surface area (Å²) in [6, 6.07) is 2.18. The van der Waals surface area contributed by atoms with Gasteiger partial charge in [0, 0.05) is 12.1 Å². The first-order chi connectivity index (χ1) is 9.29. The van der Waals surface area contributed by atoms with Crippen LogP contribution in [0.4, 0.5) is 8.78 Å². The van der Waals surface area contributed by atoms with Crippen LogP contribution in [0.2, 0.25) is 0 Å². The number of carbonyl (C=O) groups excluding carboxylic acids is 1. The molecule has 0 unspecified atom stereocenters. The van der Waals surface area contributed by atoms with E-state index < -0.39 is 29.9 Å². The van der Waals surface area contributed by atoms with E-state index in [1.54, 1.807) is 0 Å². The summed E-state index contributed by atoms with van der Waals surface area (Å²) in [7, 11) is 0. The number of hydrogen-bond acceptors (Lipinski definition) is 3. The molecule has 0 spiro atoms. The minimum absolute atomic E-state index is 0.0271. The van der Waals surface area contributed by atoms with Crippen LogP contribution in [0.3, 0.4) is 0 Å². The molecule has 0 atom stereocenters. The fourth-order valence-electron chi connectivity index (χ4n) is 1.51. The first-order valence-corrected chi connectivity index (χ1v) is 6.41. The summed E-state index contributed by atoms with van der Waals surface area (Å²) in [5.41, 5.74) is 5.24. The van der Waals surface area contributed by atoms with Gasteiger partial charge in [-0.3, -0.25) is 4.79 Å². The monoisotopic (exact) mass is 286 g/mol. The lowest BCUT2D eigenvalue weighted by atomic mass is 10.0. The molecule has 0 radical (unpaired) electrons. The van der Waals surface area contributed by atoms with E-state index in [0.717, 1.165) is 18.6 Å². The van der Waals surface area contributed by atoms with Crippen molar-refractivity contribution >= 4 is 5.91 Å². The molecular formula is C14H20F2N2O2. The number of carbonyl (C=O) groups is 1. The zero-order chi connectivity index (χ0) is 15.3. The highest BCUT2D eigenvalue weighted by atomic mass is 19.1. The lowest BCUT2D eigenvalue weighted by molar-refractivity contribution is -0.124. The largest absolute Gasteiger partial charge is 0.478 e. The van der Waals surface area contributed by atoms with E-state index >= 15 is 0 Å². The van der Waals surface area contributed by atoms with E-state index in [-0.39, 0.29) is 12.1 Å². The van der Waals surface area contributed by atoms with E-state index in [1.807, 2.05) is 20.8 Å². The van der Waals surface area contributed by atoms with Crippen molar-refractivity contribution in [1.29, 1.82) is 0 Å². The van der Waals surface area contributed by atoms with Gasteiger partial charge in [0.1, 0.15) is 0 Å². The summed E-state index contributed by atoms with van der Waals surface area (Å²) in [5.74, 6) is -2.73. The van der Waals surface area contributed by atoms with Crippen LogP contribution >= 0.6 is 0 Å². The Morgan fingerprint density at radius 3 is 2.35 bits per heavy atom. The Bertz CT molecular complexity index is 467. The van der Waals surface area contributed by atoms with Crippen LogP contribution in [0.1, 0.15) is 32.8 Å². The average Bonchev–Trinajstić information content (AvgIpc) is 2.36. The molecule has 0 fully saturated rings. The van der Waals surface area contributed by atoms with Crippen LogP contribution in [0.25, 0.3) is 0 Å². The van der Waals surface area contributed by atoms with Crippen molar-refractivity contribution < 1.29 is 18.3 Å². The summed E-state index contributed by atoms with van der Waals surface area (Å²) >= 11 is 0. The van der Waals surface area contributed by atoms with Crippen LogP contribution in [-0.2, 0) is 11.3 Å². The normalized spacial score (nSPS) is 11.3. The zero-order valence-electron chi connectivity index (χ0n) is 11.9. The maximum atomic E-state index is 13.6. The Labute approximate surface area is 117 Å². The highest BCUT2D eigenvalue weighted by Crippen LogP contribution is 2.23. The Balaban J connectivity index is 2.69. The number of ether oxygens (including phenoxy) is 1. The zero-order valence-corrected chi connectivity index (χ0v) is 11.9. The van der Waals surface area contributed by atoms with Crippen LogP contribution in [0.5, 0.6) is 5.75 Å². The van der Waals surface area contributed by atoms with Crippen molar-refractivity contribution in [3.05, 3.63) is 29.3 Å². The first kappa shape index (κ1) is 16.4. The molecule has 1 aromatic rings. The van der Waals surface area contributed by atoms with Gasteiger partial charge in [0.15, 0.2) is 24.0 Å². The topological polar surface area (TPSA) is 64.3 Å². The quantitative estimate of drug-likeness (QED) is 0.842. The van der Waals surface area contributed by atoms with Crippen LogP contribution < -0.4 is 15.8 Å². The smallest absolute Gasteiger partial charge is 0.258 e. The molecule has 0 aliphatic carbocycles. The van der Waals surface area contributed by atoms with Gasteiger partial charge in [0.2, 0.25) is 0 Å². The lowest BCUT2D eigenvalue weighted by Crippen LogP contribution is -2.45. The molecule has 1 aromatic carbocycles. The third-order valence-corrected chi connectivity index (χ3v) is 3.00. The predicted molar refractivity (Wildman–Crippen MR) is 72.3 cm³/mol. The van der Waals surface area contributed by atoms with Crippen molar-refractivity contribution in [2.75, 3.05) is 6.61 Å². The van der Waals surface area contributed by atoms with Crippen LogP contribution in [0, 0.1) is 11.6 Å². The summed E-state index contributed by atoms with van der Waals surface area (Å²) in [6.07, 6.45) is 0.729. The maximum Gasteiger partial charge on any atom is 0.258 e. The van der Waals surface area contributed by atoms with E-state index in [2.05, 4.69) is 5.32 Å². The molecule has 0 heterocycles. The van der Waals surface area contributed by atoms with Gasteiger partial charge >= 0.3 is 0 Å². The van der Waals surface area contributed by atoms with Gasteiger partial charge in [-0.15, -0.1) is 0 Å². The van der Waals surface area contributed by atoms with Gasteiger partial charge in [0.25, 0.3) is 5.91 Å². The standard InChI is InChI=1S/C14H20F2N2O2/c1-4-14(2,3)18-12(19)8-20-13-10(15)5-9(7-17)6-11(13)16/h5-6H,4,7-8,17H2,1-3H3,(H,18,19). The van der Waals surface area contributed by atoms with Crippen molar-refractivity contribution in [2.24, 2.45) is 5.73 Å². The van der Waals surface area contributed by atoms with Crippen molar-refractivity contribution in [3.8, 4) is 5.75 Å². The summed E-state index contributed by atoms with van der Waals surface area (Å²) in [6.45, 7) is 5.20. The molecule has 4 nitrogen and oxygen atoms in total. The second-order valence-electron chi connectivity index (χ2n) is 5.17. The molecule has 112 valence electrons. The molecule has 0 bridgehead atoms. The van der Waals surface area contributed by atoms with E-state index in [4.69, 9.17) is 10.5 Å². The third kappa shape index (κ3) is 4.45. The Morgan fingerprint density at radius 1 is 1.35 bits per heavy atom.